The van der Waals surface area contributed by atoms with Crippen molar-refractivity contribution in [1.29, 1.82) is 0 Å². The van der Waals surface area contributed by atoms with E-state index in [0.717, 1.165) is 12.1 Å². The number of hydrogen-bond donors (Lipinski definition) is 1. The lowest BCUT2D eigenvalue weighted by atomic mass is 10.1. The summed E-state index contributed by atoms with van der Waals surface area (Å²) in [4.78, 5) is 6.45. The number of aliphatic hydroxyl groups excluding tert-OH is 1. The van der Waals surface area contributed by atoms with Gasteiger partial charge in [0.1, 0.15) is 0 Å². The maximum atomic E-state index is 9.18. The van der Waals surface area contributed by atoms with Gasteiger partial charge < -0.3 is 10.0 Å². The molecule has 0 aliphatic carbocycles. The summed E-state index contributed by atoms with van der Waals surface area (Å²) in [5.41, 5.74) is 4.46. The summed E-state index contributed by atoms with van der Waals surface area (Å²) in [6, 6.07) is 12.9. The van der Waals surface area contributed by atoms with Crippen molar-refractivity contribution < 1.29 is 5.11 Å². The number of nitrogens with zero attached hydrogens (tertiary/aromatic N) is 2. The Labute approximate surface area is 107 Å². The molecule has 0 fully saturated rings. The molecular weight excluding hydrogens is 224 g/mol. The van der Waals surface area contributed by atoms with Crippen LogP contribution in [0.25, 0.3) is 0 Å². The van der Waals surface area contributed by atoms with Gasteiger partial charge in [-0.1, -0.05) is 18.2 Å². The monoisotopic (exact) mass is 240 g/mol. The molecule has 1 aliphatic heterocycles. The maximum absolute atomic E-state index is 9.18. The molecular formula is C15H16N2O. The highest BCUT2D eigenvalue weighted by Crippen LogP contribution is 2.37. The van der Waals surface area contributed by atoms with Gasteiger partial charge in [0.25, 0.3) is 0 Å². The molecule has 2 aromatic rings. The zero-order chi connectivity index (χ0) is 12.5. The van der Waals surface area contributed by atoms with E-state index in [1.807, 2.05) is 12.1 Å². The average molecular weight is 240 g/mol. The Morgan fingerprint density at radius 2 is 2.17 bits per heavy atom. The van der Waals surface area contributed by atoms with Crippen LogP contribution in [0.2, 0.25) is 0 Å². The number of fused-ring (bicyclic) bond motifs is 1. The molecule has 2 heterocycles. The minimum atomic E-state index is -0.0162. The number of para-hydroxylation sites is 1. The largest absolute Gasteiger partial charge is 0.390 e. The van der Waals surface area contributed by atoms with Crippen LogP contribution < -0.4 is 4.90 Å². The van der Waals surface area contributed by atoms with Gasteiger partial charge in [-0.3, -0.25) is 4.98 Å². The number of benzene rings is 1. The van der Waals surface area contributed by atoms with E-state index < -0.39 is 0 Å². The van der Waals surface area contributed by atoms with E-state index >= 15 is 0 Å². The summed E-state index contributed by atoms with van der Waals surface area (Å²) < 4.78 is 0. The van der Waals surface area contributed by atoms with Gasteiger partial charge in [-0.05, 0) is 37.1 Å². The fraction of sp³-hybridized carbons (Fsp3) is 0.267. The molecule has 3 rings (SSSR count). The van der Waals surface area contributed by atoms with Gasteiger partial charge in [0.15, 0.2) is 0 Å². The van der Waals surface area contributed by atoms with Gasteiger partial charge in [0.05, 0.1) is 12.3 Å². The van der Waals surface area contributed by atoms with Gasteiger partial charge in [-0.15, -0.1) is 0 Å². The third-order valence-electron chi connectivity index (χ3n) is 3.45. The van der Waals surface area contributed by atoms with Crippen LogP contribution >= 0.6 is 0 Å². The summed E-state index contributed by atoms with van der Waals surface area (Å²) >= 11 is 0. The SMILES string of the molecule is CC1Cc2ccccc2N1c1ccnc(CO)c1. The Kier molecular flexibility index (Phi) is 2.76. The molecule has 0 saturated carbocycles. The highest BCUT2D eigenvalue weighted by molar-refractivity contribution is 5.70. The van der Waals surface area contributed by atoms with Gasteiger partial charge in [-0.2, -0.15) is 0 Å². The van der Waals surface area contributed by atoms with Crippen molar-refractivity contribution in [3.63, 3.8) is 0 Å². The molecule has 1 unspecified atom stereocenters. The highest BCUT2D eigenvalue weighted by atomic mass is 16.3. The predicted octanol–water partition coefficient (Wildman–Crippen LogP) is 2.66. The number of pyridine rings is 1. The Morgan fingerprint density at radius 1 is 1.33 bits per heavy atom. The molecule has 0 saturated heterocycles. The zero-order valence-electron chi connectivity index (χ0n) is 10.4. The fourth-order valence-corrected chi connectivity index (χ4v) is 2.66. The molecule has 1 N–H and O–H groups in total. The topological polar surface area (TPSA) is 36.4 Å². The molecule has 92 valence electrons. The van der Waals surface area contributed by atoms with E-state index in [0.29, 0.717) is 11.7 Å². The van der Waals surface area contributed by atoms with Crippen LogP contribution in [0.5, 0.6) is 0 Å². The number of hydrogen-bond acceptors (Lipinski definition) is 3. The molecule has 0 bridgehead atoms. The zero-order valence-corrected chi connectivity index (χ0v) is 10.4. The Bertz CT molecular complexity index is 568. The lowest BCUT2D eigenvalue weighted by Gasteiger charge is -2.25. The van der Waals surface area contributed by atoms with Crippen LogP contribution in [-0.4, -0.2) is 16.1 Å². The molecule has 0 spiro atoms. The third kappa shape index (κ3) is 1.77. The summed E-state index contributed by atoms with van der Waals surface area (Å²) in [6.45, 7) is 2.21. The molecule has 1 atom stereocenters. The van der Waals surface area contributed by atoms with Crippen LogP contribution in [0.3, 0.4) is 0 Å². The molecule has 1 aliphatic rings. The first-order valence-corrected chi connectivity index (χ1v) is 6.22. The number of aromatic nitrogens is 1. The first-order valence-electron chi connectivity index (χ1n) is 6.22. The third-order valence-corrected chi connectivity index (χ3v) is 3.45. The molecule has 0 amide bonds. The average Bonchev–Trinajstić information content (AvgIpc) is 2.74. The van der Waals surface area contributed by atoms with Crippen molar-refractivity contribution in [2.75, 3.05) is 4.90 Å². The minimum Gasteiger partial charge on any atom is -0.390 e. The van der Waals surface area contributed by atoms with Crippen LogP contribution in [0, 0.1) is 0 Å². The van der Waals surface area contributed by atoms with Crippen molar-refractivity contribution in [2.45, 2.75) is 26.0 Å². The first-order chi connectivity index (χ1) is 8.79. The van der Waals surface area contributed by atoms with Crippen molar-refractivity contribution in [3.05, 3.63) is 53.9 Å². The number of rotatable bonds is 2. The summed E-state index contributed by atoms with van der Waals surface area (Å²) in [5, 5.41) is 9.18. The normalized spacial score (nSPS) is 17.9. The standard InChI is InChI=1S/C15H16N2O/c1-11-8-12-4-2-3-5-15(12)17(11)14-6-7-16-13(9-14)10-18/h2-7,9,11,18H,8,10H2,1H3. The van der Waals surface area contributed by atoms with E-state index in [2.05, 4.69) is 41.1 Å². The highest BCUT2D eigenvalue weighted by Gasteiger charge is 2.26. The molecule has 3 nitrogen and oxygen atoms in total. The van der Waals surface area contributed by atoms with Crippen molar-refractivity contribution in [2.24, 2.45) is 0 Å². The predicted molar refractivity (Wildman–Crippen MR) is 71.9 cm³/mol. The van der Waals surface area contributed by atoms with Crippen LogP contribution in [0.1, 0.15) is 18.2 Å². The Hall–Kier alpha value is -1.87. The molecule has 3 heteroatoms. The molecule has 18 heavy (non-hydrogen) atoms. The number of aliphatic hydroxyl groups is 1. The summed E-state index contributed by atoms with van der Waals surface area (Å²) in [6.07, 6.45) is 2.82. The van der Waals surface area contributed by atoms with Gasteiger partial charge in [0, 0.05) is 23.6 Å². The first kappa shape index (κ1) is 11.2. The number of anilines is 2. The van der Waals surface area contributed by atoms with Crippen molar-refractivity contribution in [1.82, 2.24) is 4.98 Å². The van der Waals surface area contributed by atoms with Crippen LogP contribution in [0.4, 0.5) is 11.4 Å². The van der Waals surface area contributed by atoms with E-state index in [1.165, 1.54) is 11.3 Å². The molecule has 1 aromatic heterocycles. The Morgan fingerprint density at radius 3 is 3.00 bits per heavy atom. The molecule has 0 radical (unpaired) electrons. The second-order valence-electron chi connectivity index (χ2n) is 4.72. The van der Waals surface area contributed by atoms with Gasteiger partial charge in [-0.25, -0.2) is 0 Å². The summed E-state index contributed by atoms with van der Waals surface area (Å²) in [5.74, 6) is 0. The van der Waals surface area contributed by atoms with Gasteiger partial charge >= 0.3 is 0 Å². The minimum absolute atomic E-state index is 0.0162. The van der Waals surface area contributed by atoms with E-state index in [-0.39, 0.29) is 6.61 Å². The van der Waals surface area contributed by atoms with E-state index in [9.17, 15) is 5.11 Å². The fourth-order valence-electron chi connectivity index (χ4n) is 2.66. The van der Waals surface area contributed by atoms with E-state index in [1.54, 1.807) is 6.20 Å². The lowest BCUT2D eigenvalue weighted by molar-refractivity contribution is 0.277. The van der Waals surface area contributed by atoms with Crippen LogP contribution in [-0.2, 0) is 13.0 Å². The second-order valence-corrected chi connectivity index (χ2v) is 4.72. The Balaban J connectivity index is 2.06. The van der Waals surface area contributed by atoms with Crippen LogP contribution in [0.15, 0.2) is 42.6 Å². The van der Waals surface area contributed by atoms with Crippen molar-refractivity contribution in [3.8, 4) is 0 Å². The smallest absolute Gasteiger partial charge is 0.0853 e. The second kappa shape index (κ2) is 4.42. The summed E-state index contributed by atoms with van der Waals surface area (Å²) in [7, 11) is 0. The van der Waals surface area contributed by atoms with E-state index in [4.69, 9.17) is 0 Å². The van der Waals surface area contributed by atoms with Gasteiger partial charge in [0.2, 0.25) is 0 Å². The van der Waals surface area contributed by atoms with Crippen molar-refractivity contribution >= 4 is 11.4 Å². The maximum Gasteiger partial charge on any atom is 0.0853 e. The lowest BCUT2D eigenvalue weighted by Crippen LogP contribution is -2.24. The quantitative estimate of drug-likeness (QED) is 0.876. The molecule has 1 aromatic carbocycles.